The molecule has 8 heteroatoms. The number of carbonyl (C=O) groups is 1. The Kier molecular flexibility index (Phi) is 4.40. The molecule has 1 aliphatic heterocycles. The number of aryl methyl sites for hydroxylation is 1. The fraction of sp³-hybridized carbons (Fsp3) is 0.286. The third-order valence-corrected chi connectivity index (χ3v) is 5.53. The predicted octanol–water partition coefficient (Wildman–Crippen LogP) is 2.79. The summed E-state index contributed by atoms with van der Waals surface area (Å²) >= 11 is 0. The highest BCUT2D eigenvalue weighted by Crippen LogP contribution is 2.34. The fourth-order valence-electron chi connectivity index (χ4n) is 4.06. The number of carbonyl (C=O) groups excluding carboxylic acids is 1. The number of anilines is 2. The van der Waals surface area contributed by atoms with Crippen LogP contribution in [0.1, 0.15) is 34.5 Å². The highest BCUT2D eigenvalue weighted by atomic mass is 16.4. The van der Waals surface area contributed by atoms with Crippen molar-refractivity contribution in [2.75, 3.05) is 18.4 Å². The Morgan fingerprint density at radius 3 is 3.07 bits per heavy atom. The van der Waals surface area contributed by atoms with E-state index in [0.717, 1.165) is 54.6 Å². The van der Waals surface area contributed by atoms with Crippen molar-refractivity contribution in [3.8, 4) is 0 Å². The molecule has 1 amide bonds. The van der Waals surface area contributed by atoms with Gasteiger partial charge in [0.2, 0.25) is 5.76 Å². The van der Waals surface area contributed by atoms with Crippen molar-refractivity contribution in [3.63, 3.8) is 0 Å². The number of rotatable bonds is 4. The van der Waals surface area contributed by atoms with Crippen molar-refractivity contribution < 1.29 is 14.4 Å². The molecular weight excluding hydrogens is 370 g/mol. The molecule has 2 aliphatic rings. The molecular formula is C21H21N5O3. The van der Waals surface area contributed by atoms with Crippen LogP contribution in [0.25, 0.3) is 11.0 Å². The fourth-order valence-corrected chi connectivity index (χ4v) is 4.06. The van der Waals surface area contributed by atoms with Gasteiger partial charge in [0.15, 0.2) is 5.58 Å². The minimum absolute atomic E-state index is 0.0953. The molecule has 1 unspecified atom stereocenters. The van der Waals surface area contributed by atoms with Gasteiger partial charge in [-0.25, -0.2) is 0 Å². The third-order valence-electron chi connectivity index (χ3n) is 5.53. The number of aromatic nitrogens is 1. The summed E-state index contributed by atoms with van der Waals surface area (Å²) in [6.45, 7) is 1.66. The van der Waals surface area contributed by atoms with Crippen molar-refractivity contribution in [2.45, 2.75) is 25.3 Å². The number of nitrogens with zero attached hydrogens (tertiary/aromatic N) is 2. The van der Waals surface area contributed by atoms with Gasteiger partial charge in [-0.05, 0) is 49.6 Å². The molecule has 3 aromatic rings. The first-order valence-electron chi connectivity index (χ1n) is 9.72. The number of furan rings is 1. The Morgan fingerprint density at radius 1 is 1.31 bits per heavy atom. The first kappa shape index (κ1) is 17.7. The molecule has 2 aromatic heterocycles. The summed E-state index contributed by atoms with van der Waals surface area (Å²) in [5, 5.41) is 22.9. The van der Waals surface area contributed by atoms with Crippen LogP contribution in [0, 0.1) is 0 Å². The van der Waals surface area contributed by atoms with Gasteiger partial charge < -0.3 is 25.6 Å². The van der Waals surface area contributed by atoms with Crippen LogP contribution in [0.5, 0.6) is 0 Å². The van der Waals surface area contributed by atoms with E-state index in [1.807, 2.05) is 24.3 Å². The molecule has 4 N–H and O–H groups in total. The van der Waals surface area contributed by atoms with E-state index >= 15 is 0 Å². The number of oxime groups is 1. The van der Waals surface area contributed by atoms with Gasteiger partial charge in [-0.1, -0.05) is 11.2 Å². The first-order valence-corrected chi connectivity index (χ1v) is 9.72. The Bertz CT molecular complexity index is 1110. The van der Waals surface area contributed by atoms with Crippen LogP contribution in [0.3, 0.4) is 0 Å². The summed E-state index contributed by atoms with van der Waals surface area (Å²) < 4.78 is 5.86. The number of pyridine rings is 1. The summed E-state index contributed by atoms with van der Waals surface area (Å²) in [5.74, 6) is 0.00580. The molecule has 1 aromatic carbocycles. The Morgan fingerprint density at radius 2 is 2.24 bits per heavy atom. The number of fused-ring (bicyclic) bond motifs is 2. The van der Waals surface area contributed by atoms with Crippen LogP contribution in [-0.4, -0.2) is 40.9 Å². The van der Waals surface area contributed by atoms with Gasteiger partial charge in [0.25, 0.3) is 5.91 Å². The molecule has 1 fully saturated rings. The van der Waals surface area contributed by atoms with Crippen molar-refractivity contribution in [3.05, 3.63) is 53.5 Å². The van der Waals surface area contributed by atoms with E-state index in [2.05, 4.69) is 26.1 Å². The molecule has 0 radical (unpaired) electrons. The standard InChI is InChI=1S/C21H21N5O3/c27-21(25-14-5-7-22-10-14)20-19(16-6-8-23-11-18(16)29-20)24-13-2-3-15-12(9-13)1-4-17(15)26-28/h2-3,6,8-9,11,14,22,24,28H,1,4-5,7,10H2,(H,25,27). The minimum atomic E-state index is -0.242. The maximum Gasteiger partial charge on any atom is 0.289 e. The van der Waals surface area contributed by atoms with E-state index < -0.39 is 0 Å². The molecule has 8 nitrogen and oxygen atoms in total. The van der Waals surface area contributed by atoms with Crippen LogP contribution in [0.2, 0.25) is 0 Å². The summed E-state index contributed by atoms with van der Waals surface area (Å²) in [5.41, 5.74) is 4.81. The summed E-state index contributed by atoms with van der Waals surface area (Å²) in [4.78, 5) is 17.0. The Balaban J connectivity index is 1.50. The van der Waals surface area contributed by atoms with Crippen molar-refractivity contribution in [1.82, 2.24) is 15.6 Å². The monoisotopic (exact) mass is 391 g/mol. The quantitative estimate of drug-likeness (QED) is 0.402. The number of hydrogen-bond acceptors (Lipinski definition) is 7. The topological polar surface area (TPSA) is 112 Å². The molecule has 0 spiro atoms. The average Bonchev–Trinajstić information content (AvgIpc) is 3.47. The lowest BCUT2D eigenvalue weighted by atomic mass is 10.1. The molecule has 1 atom stereocenters. The maximum absolute atomic E-state index is 12.9. The third kappa shape index (κ3) is 3.21. The molecule has 29 heavy (non-hydrogen) atoms. The SMILES string of the molecule is O=C(NC1CCNC1)c1oc2cnccc2c1Nc1ccc2c(c1)CCC2=NO. The van der Waals surface area contributed by atoms with Gasteiger partial charge in [-0.2, -0.15) is 0 Å². The van der Waals surface area contributed by atoms with E-state index in [4.69, 9.17) is 9.62 Å². The zero-order chi connectivity index (χ0) is 19.8. The van der Waals surface area contributed by atoms with Gasteiger partial charge in [0, 0.05) is 35.4 Å². The normalized spacial score (nSPS) is 19.6. The number of hydrogen-bond donors (Lipinski definition) is 4. The highest BCUT2D eigenvalue weighted by Gasteiger charge is 2.25. The molecule has 5 rings (SSSR count). The number of nitrogens with one attached hydrogen (secondary N) is 3. The second-order valence-corrected chi connectivity index (χ2v) is 7.38. The van der Waals surface area contributed by atoms with Crippen LogP contribution in [0.15, 0.2) is 46.2 Å². The van der Waals surface area contributed by atoms with Crippen molar-refractivity contribution >= 4 is 34.0 Å². The second kappa shape index (κ2) is 7.21. The van der Waals surface area contributed by atoms with Gasteiger partial charge >= 0.3 is 0 Å². The summed E-state index contributed by atoms with van der Waals surface area (Å²) in [7, 11) is 0. The molecule has 0 saturated carbocycles. The van der Waals surface area contributed by atoms with E-state index in [1.54, 1.807) is 12.4 Å². The van der Waals surface area contributed by atoms with Gasteiger partial charge in [-0.15, -0.1) is 0 Å². The zero-order valence-corrected chi connectivity index (χ0v) is 15.7. The van der Waals surface area contributed by atoms with Crippen molar-refractivity contribution in [1.29, 1.82) is 0 Å². The number of benzene rings is 1. The maximum atomic E-state index is 12.9. The van der Waals surface area contributed by atoms with Crippen LogP contribution in [0.4, 0.5) is 11.4 Å². The molecule has 3 heterocycles. The molecule has 148 valence electrons. The largest absolute Gasteiger partial charge is 0.447 e. The first-order chi connectivity index (χ1) is 14.2. The lowest BCUT2D eigenvalue weighted by Gasteiger charge is -2.12. The summed E-state index contributed by atoms with van der Waals surface area (Å²) in [6, 6.07) is 7.80. The van der Waals surface area contributed by atoms with Gasteiger partial charge in [0.1, 0.15) is 0 Å². The zero-order valence-electron chi connectivity index (χ0n) is 15.7. The van der Waals surface area contributed by atoms with Crippen LogP contribution >= 0.6 is 0 Å². The van der Waals surface area contributed by atoms with E-state index in [-0.39, 0.29) is 17.7 Å². The highest BCUT2D eigenvalue weighted by molar-refractivity contribution is 6.08. The smallest absolute Gasteiger partial charge is 0.289 e. The van der Waals surface area contributed by atoms with E-state index in [1.165, 1.54) is 0 Å². The summed E-state index contributed by atoms with van der Waals surface area (Å²) in [6.07, 6.45) is 5.73. The van der Waals surface area contributed by atoms with E-state index in [0.29, 0.717) is 17.0 Å². The van der Waals surface area contributed by atoms with E-state index in [9.17, 15) is 4.79 Å². The molecule has 0 bridgehead atoms. The second-order valence-electron chi connectivity index (χ2n) is 7.38. The van der Waals surface area contributed by atoms with Crippen LogP contribution in [-0.2, 0) is 6.42 Å². The Labute approximate surface area is 167 Å². The molecule has 1 saturated heterocycles. The Hall–Kier alpha value is -3.39. The molecule has 1 aliphatic carbocycles. The average molecular weight is 391 g/mol. The lowest BCUT2D eigenvalue weighted by molar-refractivity contribution is 0.0915. The van der Waals surface area contributed by atoms with Gasteiger partial charge in [0.05, 0.1) is 17.6 Å². The van der Waals surface area contributed by atoms with Crippen molar-refractivity contribution in [2.24, 2.45) is 5.16 Å². The number of amides is 1. The van der Waals surface area contributed by atoms with Gasteiger partial charge in [-0.3, -0.25) is 9.78 Å². The lowest BCUT2D eigenvalue weighted by Crippen LogP contribution is -2.36. The predicted molar refractivity (Wildman–Crippen MR) is 109 cm³/mol. The minimum Gasteiger partial charge on any atom is -0.447 e. The van der Waals surface area contributed by atoms with Crippen LogP contribution < -0.4 is 16.0 Å².